The number of halogens is 4. The minimum Gasteiger partial charge on any atom is -0.345 e. The van der Waals surface area contributed by atoms with Crippen molar-refractivity contribution in [1.29, 1.82) is 0 Å². The smallest absolute Gasteiger partial charge is 0.345 e. The molecule has 0 spiro atoms. The third-order valence-electron chi connectivity index (χ3n) is 4.30. The fourth-order valence-corrected chi connectivity index (χ4v) is 3.43. The van der Waals surface area contributed by atoms with Gasteiger partial charge in [0.05, 0.1) is 23.5 Å². The quantitative estimate of drug-likeness (QED) is 0.514. The number of aromatic nitrogens is 2. The van der Waals surface area contributed by atoms with Gasteiger partial charge < -0.3 is 5.32 Å². The van der Waals surface area contributed by atoms with E-state index in [1.165, 1.54) is 18.2 Å². The Hall–Kier alpha value is -2.45. The Morgan fingerprint density at radius 1 is 1.21 bits per heavy atom. The van der Waals surface area contributed by atoms with Gasteiger partial charge in [0.2, 0.25) is 0 Å². The number of nitrogens with zero attached hydrogens (tertiary/aromatic N) is 2. The summed E-state index contributed by atoms with van der Waals surface area (Å²) in [6.45, 7) is 1.71. The van der Waals surface area contributed by atoms with Crippen molar-refractivity contribution in [2.45, 2.75) is 24.0 Å². The molecule has 1 N–H and O–H groups in total. The van der Waals surface area contributed by atoms with Crippen molar-refractivity contribution in [1.82, 2.24) is 15.1 Å². The highest BCUT2D eigenvalue weighted by Crippen LogP contribution is 2.34. The van der Waals surface area contributed by atoms with Crippen LogP contribution in [0.3, 0.4) is 0 Å². The van der Waals surface area contributed by atoms with Crippen LogP contribution in [0.4, 0.5) is 13.2 Å². The number of carbonyl (C=O) groups excluding carboxylic acids is 1. The summed E-state index contributed by atoms with van der Waals surface area (Å²) >= 11 is 7.46. The van der Waals surface area contributed by atoms with Gasteiger partial charge in [-0.1, -0.05) is 29.8 Å². The van der Waals surface area contributed by atoms with Gasteiger partial charge in [-0.2, -0.15) is 18.3 Å². The van der Waals surface area contributed by atoms with Crippen LogP contribution in [0, 0.1) is 0 Å². The largest absolute Gasteiger partial charge is 0.434 e. The molecular weight excluding hydrogens is 423 g/mol. The van der Waals surface area contributed by atoms with Gasteiger partial charge in [-0.15, -0.1) is 11.8 Å². The highest BCUT2D eigenvalue weighted by atomic mass is 35.5. The van der Waals surface area contributed by atoms with E-state index in [0.717, 1.165) is 16.7 Å². The molecule has 0 saturated heterocycles. The molecule has 1 heterocycles. The maximum atomic E-state index is 13.8. The second-order valence-electron chi connectivity index (χ2n) is 6.26. The lowest BCUT2D eigenvalue weighted by Crippen LogP contribution is -2.29. The monoisotopic (exact) mass is 439 g/mol. The van der Waals surface area contributed by atoms with Gasteiger partial charge in [0.1, 0.15) is 0 Å². The van der Waals surface area contributed by atoms with Crippen LogP contribution in [-0.2, 0) is 6.18 Å². The van der Waals surface area contributed by atoms with Crippen molar-refractivity contribution >= 4 is 29.3 Å². The highest BCUT2D eigenvalue weighted by molar-refractivity contribution is 7.98. The Kier molecular flexibility index (Phi) is 6.24. The number of alkyl halides is 3. The highest BCUT2D eigenvalue weighted by Gasteiger charge is 2.40. The molecule has 1 amide bonds. The molecule has 29 heavy (non-hydrogen) atoms. The first-order valence-electron chi connectivity index (χ1n) is 8.56. The van der Waals surface area contributed by atoms with Gasteiger partial charge >= 0.3 is 6.18 Å². The standard InChI is InChI=1S/C20H17ClF3N3OS/c1-12(13-6-8-16(29-2)9-7-13)26-19(28)17-11-25-27(18(17)20(22,23)24)15-5-3-4-14(21)10-15/h3-12H,1-2H3,(H,26,28). The average Bonchev–Trinajstić information content (AvgIpc) is 3.14. The van der Waals surface area contributed by atoms with Gasteiger partial charge in [0.15, 0.2) is 5.69 Å². The second kappa shape index (κ2) is 8.51. The van der Waals surface area contributed by atoms with Crippen LogP contribution >= 0.6 is 23.4 Å². The maximum absolute atomic E-state index is 13.8. The Labute approximate surface area is 175 Å². The molecule has 3 aromatic rings. The number of hydrogen-bond donors (Lipinski definition) is 1. The lowest BCUT2D eigenvalue weighted by atomic mass is 10.1. The van der Waals surface area contributed by atoms with Crippen molar-refractivity contribution in [2.75, 3.05) is 6.26 Å². The molecule has 152 valence electrons. The van der Waals surface area contributed by atoms with Gasteiger partial charge in [-0.25, -0.2) is 4.68 Å². The molecule has 4 nitrogen and oxygen atoms in total. The van der Waals surface area contributed by atoms with Crippen molar-refractivity contribution in [3.8, 4) is 5.69 Å². The SMILES string of the molecule is CSc1ccc(C(C)NC(=O)c2cnn(-c3cccc(Cl)c3)c2C(F)(F)F)cc1. The number of rotatable bonds is 5. The first kappa shape index (κ1) is 21.3. The Morgan fingerprint density at radius 3 is 2.48 bits per heavy atom. The third kappa shape index (κ3) is 4.76. The molecule has 1 aromatic heterocycles. The molecule has 0 radical (unpaired) electrons. The van der Waals surface area contributed by atoms with Crippen LogP contribution in [0.25, 0.3) is 5.69 Å². The lowest BCUT2D eigenvalue weighted by Gasteiger charge is -2.16. The van der Waals surface area contributed by atoms with Crippen LogP contribution in [-0.4, -0.2) is 21.9 Å². The van der Waals surface area contributed by atoms with Gasteiger partial charge in [-0.05, 0) is 49.1 Å². The number of carbonyl (C=O) groups is 1. The Balaban J connectivity index is 1.92. The minimum absolute atomic E-state index is 0.115. The number of thioether (sulfide) groups is 1. The molecule has 0 bridgehead atoms. The molecule has 2 aromatic carbocycles. The van der Waals surface area contributed by atoms with E-state index in [2.05, 4.69) is 10.4 Å². The average molecular weight is 440 g/mol. The van der Waals surface area contributed by atoms with Crippen molar-refractivity contribution < 1.29 is 18.0 Å². The molecule has 0 aliphatic heterocycles. The predicted molar refractivity (Wildman–Crippen MR) is 108 cm³/mol. The molecule has 0 aliphatic rings. The fraction of sp³-hybridized carbons (Fsp3) is 0.200. The molecule has 1 unspecified atom stereocenters. The lowest BCUT2D eigenvalue weighted by molar-refractivity contribution is -0.143. The van der Waals surface area contributed by atoms with Crippen LogP contribution in [0.5, 0.6) is 0 Å². The summed E-state index contributed by atoms with van der Waals surface area (Å²) < 4.78 is 41.9. The summed E-state index contributed by atoms with van der Waals surface area (Å²) in [5.74, 6) is -0.855. The molecule has 0 aliphatic carbocycles. The molecule has 3 rings (SSSR count). The maximum Gasteiger partial charge on any atom is 0.434 e. The third-order valence-corrected chi connectivity index (χ3v) is 5.28. The number of hydrogen-bond acceptors (Lipinski definition) is 3. The molecule has 0 saturated carbocycles. The summed E-state index contributed by atoms with van der Waals surface area (Å²) in [6.07, 6.45) is -1.92. The summed E-state index contributed by atoms with van der Waals surface area (Å²) in [4.78, 5) is 13.7. The van der Waals surface area contributed by atoms with Crippen LogP contribution in [0.15, 0.2) is 59.6 Å². The fourth-order valence-electron chi connectivity index (χ4n) is 2.84. The number of amides is 1. The molecule has 9 heteroatoms. The van der Waals surface area contributed by atoms with E-state index in [9.17, 15) is 18.0 Å². The zero-order valence-corrected chi connectivity index (χ0v) is 17.1. The minimum atomic E-state index is -4.78. The Bertz CT molecular complexity index is 1020. The van der Waals surface area contributed by atoms with Crippen molar-refractivity contribution in [3.63, 3.8) is 0 Å². The Morgan fingerprint density at radius 2 is 1.90 bits per heavy atom. The summed E-state index contributed by atoms with van der Waals surface area (Å²) in [5, 5.41) is 6.67. The van der Waals surface area contributed by atoms with E-state index in [0.29, 0.717) is 4.68 Å². The zero-order valence-electron chi connectivity index (χ0n) is 15.5. The van der Waals surface area contributed by atoms with E-state index in [-0.39, 0.29) is 10.7 Å². The van der Waals surface area contributed by atoms with Crippen molar-refractivity contribution in [2.24, 2.45) is 0 Å². The van der Waals surface area contributed by atoms with E-state index in [1.807, 2.05) is 30.5 Å². The number of benzene rings is 2. The molecule has 0 fully saturated rings. The van der Waals surface area contributed by atoms with Crippen molar-refractivity contribution in [3.05, 3.63) is 76.6 Å². The number of nitrogens with one attached hydrogen (secondary N) is 1. The molecule has 1 atom stereocenters. The molecular formula is C20H17ClF3N3OS. The predicted octanol–water partition coefficient (Wildman–Crippen LogP) is 5.76. The van der Waals surface area contributed by atoms with Gasteiger partial charge in [0.25, 0.3) is 5.91 Å². The van der Waals surface area contributed by atoms with E-state index in [4.69, 9.17) is 11.6 Å². The topological polar surface area (TPSA) is 46.9 Å². The summed E-state index contributed by atoms with van der Waals surface area (Å²) in [6, 6.07) is 12.8. The van der Waals surface area contributed by atoms with E-state index < -0.39 is 29.4 Å². The van der Waals surface area contributed by atoms with E-state index >= 15 is 0 Å². The van der Waals surface area contributed by atoms with Crippen LogP contribution in [0.1, 0.15) is 34.6 Å². The van der Waals surface area contributed by atoms with Crippen LogP contribution in [0.2, 0.25) is 5.02 Å². The zero-order chi connectivity index (χ0) is 21.2. The summed E-state index contributed by atoms with van der Waals surface area (Å²) in [5.41, 5.74) is -0.802. The summed E-state index contributed by atoms with van der Waals surface area (Å²) in [7, 11) is 0. The first-order chi connectivity index (χ1) is 13.7. The normalized spacial score (nSPS) is 12.6. The van der Waals surface area contributed by atoms with Gasteiger partial charge in [-0.3, -0.25) is 4.79 Å². The first-order valence-corrected chi connectivity index (χ1v) is 10.2. The second-order valence-corrected chi connectivity index (χ2v) is 7.58. The van der Waals surface area contributed by atoms with Gasteiger partial charge in [0, 0.05) is 9.92 Å². The van der Waals surface area contributed by atoms with E-state index in [1.54, 1.807) is 24.8 Å². The van der Waals surface area contributed by atoms with Crippen LogP contribution < -0.4 is 5.32 Å².